The van der Waals surface area contributed by atoms with Gasteiger partial charge in [-0.3, -0.25) is 0 Å². The number of hydrogen-bond acceptors (Lipinski definition) is 4. The number of thioether (sulfide) groups is 1. The van der Waals surface area contributed by atoms with Gasteiger partial charge in [0.1, 0.15) is 0 Å². The minimum atomic E-state index is 0.704. The van der Waals surface area contributed by atoms with Crippen LogP contribution in [0.15, 0.2) is 18.2 Å². The van der Waals surface area contributed by atoms with E-state index >= 15 is 0 Å². The van der Waals surface area contributed by atoms with Crippen LogP contribution in [0.1, 0.15) is 18.9 Å². The lowest BCUT2D eigenvalue weighted by molar-refractivity contribution is 0.297. The van der Waals surface area contributed by atoms with Crippen molar-refractivity contribution in [2.75, 3.05) is 31.8 Å². The summed E-state index contributed by atoms with van der Waals surface area (Å²) in [5, 5.41) is 3.50. The minimum Gasteiger partial charge on any atom is -0.490 e. The Labute approximate surface area is 120 Å². The van der Waals surface area contributed by atoms with Gasteiger partial charge in [-0.15, -0.1) is 0 Å². The molecule has 0 saturated carbocycles. The van der Waals surface area contributed by atoms with E-state index in [1.54, 1.807) is 0 Å². The molecule has 1 aliphatic heterocycles. The van der Waals surface area contributed by atoms with Gasteiger partial charge in [0.15, 0.2) is 11.5 Å². The highest BCUT2D eigenvalue weighted by atomic mass is 32.2. The van der Waals surface area contributed by atoms with Crippen LogP contribution in [0.2, 0.25) is 0 Å². The lowest BCUT2D eigenvalue weighted by Gasteiger charge is -2.12. The smallest absolute Gasteiger partial charge is 0.161 e. The maximum atomic E-state index is 5.70. The molecule has 19 heavy (non-hydrogen) atoms. The maximum Gasteiger partial charge on any atom is 0.161 e. The van der Waals surface area contributed by atoms with E-state index in [0.29, 0.717) is 5.92 Å². The molecular weight excluding hydrogens is 258 g/mol. The van der Waals surface area contributed by atoms with Gasteiger partial charge in [-0.2, -0.15) is 11.8 Å². The van der Waals surface area contributed by atoms with Gasteiger partial charge in [0.05, 0.1) is 13.2 Å². The normalized spacial score (nSPS) is 15.9. The van der Waals surface area contributed by atoms with Crippen LogP contribution in [-0.2, 0) is 6.54 Å². The molecule has 4 heteroatoms. The highest BCUT2D eigenvalue weighted by molar-refractivity contribution is 7.98. The zero-order valence-corrected chi connectivity index (χ0v) is 12.6. The molecule has 0 spiro atoms. The summed E-state index contributed by atoms with van der Waals surface area (Å²) in [5.41, 5.74) is 1.25. The molecule has 0 radical (unpaired) electrons. The third kappa shape index (κ3) is 4.62. The molecule has 0 bridgehead atoms. The molecule has 1 N–H and O–H groups in total. The van der Waals surface area contributed by atoms with Crippen molar-refractivity contribution in [3.8, 4) is 11.5 Å². The van der Waals surface area contributed by atoms with Crippen molar-refractivity contribution in [1.29, 1.82) is 0 Å². The summed E-state index contributed by atoms with van der Waals surface area (Å²) in [4.78, 5) is 0. The first-order valence-corrected chi connectivity index (χ1v) is 8.27. The van der Waals surface area contributed by atoms with E-state index < -0.39 is 0 Å². The van der Waals surface area contributed by atoms with Crippen molar-refractivity contribution >= 4 is 11.8 Å². The second-order valence-electron chi connectivity index (χ2n) is 5.02. The fourth-order valence-corrected chi connectivity index (χ4v) is 2.81. The van der Waals surface area contributed by atoms with Gasteiger partial charge in [0.2, 0.25) is 0 Å². The van der Waals surface area contributed by atoms with Gasteiger partial charge in [0.25, 0.3) is 0 Å². The highest BCUT2D eigenvalue weighted by Gasteiger charge is 2.10. The highest BCUT2D eigenvalue weighted by Crippen LogP contribution is 2.30. The van der Waals surface area contributed by atoms with Crippen molar-refractivity contribution in [2.45, 2.75) is 19.9 Å². The van der Waals surface area contributed by atoms with Crippen LogP contribution in [0.25, 0.3) is 0 Å². The number of hydrogen-bond donors (Lipinski definition) is 1. The molecule has 1 aromatic carbocycles. The molecule has 0 aromatic heterocycles. The van der Waals surface area contributed by atoms with E-state index in [0.717, 1.165) is 44.2 Å². The van der Waals surface area contributed by atoms with E-state index in [2.05, 4.69) is 30.6 Å². The van der Waals surface area contributed by atoms with Crippen LogP contribution in [0, 0.1) is 5.92 Å². The number of nitrogens with one attached hydrogen (secondary N) is 1. The molecule has 0 amide bonds. The average Bonchev–Trinajstić information content (AvgIpc) is 2.63. The second kappa shape index (κ2) is 7.65. The van der Waals surface area contributed by atoms with Gasteiger partial charge >= 0.3 is 0 Å². The molecule has 106 valence electrons. The minimum absolute atomic E-state index is 0.704. The first-order valence-electron chi connectivity index (χ1n) is 6.88. The zero-order chi connectivity index (χ0) is 13.5. The van der Waals surface area contributed by atoms with Gasteiger partial charge in [-0.25, -0.2) is 0 Å². The maximum absolute atomic E-state index is 5.70. The van der Waals surface area contributed by atoms with Crippen molar-refractivity contribution in [3.63, 3.8) is 0 Å². The third-order valence-corrected chi connectivity index (χ3v) is 3.99. The van der Waals surface area contributed by atoms with Crippen molar-refractivity contribution < 1.29 is 9.47 Å². The Bertz CT molecular complexity index is 398. The summed E-state index contributed by atoms with van der Waals surface area (Å²) < 4.78 is 11.3. The standard InChI is InChI=1S/C15H23NO2S/c1-12(11-19-2)9-16-10-13-4-5-14-15(8-13)18-7-3-6-17-14/h4-5,8,12,16H,3,6-7,9-11H2,1-2H3. The average molecular weight is 281 g/mol. The molecular formula is C15H23NO2S. The SMILES string of the molecule is CSCC(C)CNCc1ccc2c(c1)OCCCO2. The Morgan fingerprint density at radius 3 is 2.84 bits per heavy atom. The monoisotopic (exact) mass is 281 g/mol. The Morgan fingerprint density at radius 1 is 1.26 bits per heavy atom. The number of benzene rings is 1. The van der Waals surface area contributed by atoms with E-state index in [-0.39, 0.29) is 0 Å². The lowest BCUT2D eigenvalue weighted by Crippen LogP contribution is -2.22. The summed E-state index contributed by atoms with van der Waals surface area (Å²) in [6.45, 7) is 5.70. The van der Waals surface area contributed by atoms with Crippen LogP contribution in [0.3, 0.4) is 0 Å². The molecule has 0 saturated heterocycles. The summed E-state index contributed by atoms with van der Waals surface area (Å²) in [5.74, 6) is 3.66. The zero-order valence-electron chi connectivity index (χ0n) is 11.8. The first-order chi connectivity index (χ1) is 9.29. The molecule has 1 heterocycles. The number of fused-ring (bicyclic) bond motifs is 1. The molecule has 0 fully saturated rings. The van der Waals surface area contributed by atoms with Crippen LogP contribution in [0.5, 0.6) is 11.5 Å². The van der Waals surface area contributed by atoms with E-state index in [1.807, 2.05) is 17.8 Å². The van der Waals surface area contributed by atoms with E-state index in [9.17, 15) is 0 Å². The number of rotatable bonds is 6. The summed E-state index contributed by atoms with van der Waals surface area (Å²) in [6.07, 6.45) is 3.11. The van der Waals surface area contributed by atoms with Gasteiger partial charge < -0.3 is 14.8 Å². The Kier molecular flexibility index (Phi) is 5.86. The Morgan fingerprint density at radius 2 is 2.05 bits per heavy atom. The summed E-state index contributed by atoms with van der Waals surface area (Å²) in [7, 11) is 0. The molecule has 1 aliphatic rings. The van der Waals surface area contributed by atoms with Crippen LogP contribution in [-0.4, -0.2) is 31.8 Å². The van der Waals surface area contributed by atoms with Crippen LogP contribution < -0.4 is 14.8 Å². The summed E-state index contributed by atoms with van der Waals surface area (Å²) >= 11 is 1.90. The molecule has 3 nitrogen and oxygen atoms in total. The lowest BCUT2D eigenvalue weighted by atomic mass is 10.2. The largest absolute Gasteiger partial charge is 0.490 e. The Hall–Kier alpha value is -0.870. The predicted molar refractivity (Wildman–Crippen MR) is 81.3 cm³/mol. The second-order valence-corrected chi connectivity index (χ2v) is 5.93. The molecule has 2 rings (SSSR count). The van der Waals surface area contributed by atoms with Crippen LogP contribution >= 0.6 is 11.8 Å². The quantitative estimate of drug-likeness (QED) is 0.868. The van der Waals surface area contributed by atoms with Crippen molar-refractivity contribution in [2.24, 2.45) is 5.92 Å². The molecule has 1 unspecified atom stereocenters. The van der Waals surface area contributed by atoms with Crippen molar-refractivity contribution in [3.05, 3.63) is 23.8 Å². The predicted octanol–water partition coefficient (Wildman–Crippen LogP) is 2.94. The van der Waals surface area contributed by atoms with E-state index in [1.165, 1.54) is 11.3 Å². The van der Waals surface area contributed by atoms with Crippen molar-refractivity contribution in [1.82, 2.24) is 5.32 Å². The molecule has 1 atom stereocenters. The first kappa shape index (κ1) is 14.5. The van der Waals surface area contributed by atoms with E-state index in [4.69, 9.17) is 9.47 Å². The Balaban J connectivity index is 1.86. The summed E-state index contributed by atoms with van der Waals surface area (Å²) in [6, 6.07) is 6.22. The number of ether oxygens (including phenoxy) is 2. The fraction of sp³-hybridized carbons (Fsp3) is 0.600. The van der Waals surface area contributed by atoms with Gasteiger partial charge in [0, 0.05) is 13.0 Å². The third-order valence-electron chi connectivity index (χ3n) is 3.09. The fourth-order valence-electron chi connectivity index (χ4n) is 2.12. The van der Waals surface area contributed by atoms with Gasteiger partial charge in [-0.05, 0) is 42.2 Å². The van der Waals surface area contributed by atoms with Gasteiger partial charge in [-0.1, -0.05) is 13.0 Å². The molecule has 1 aromatic rings. The van der Waals surface area contributed by atoms with Crippen LogP contribution in [0.4, 0.5) is 0 Å². The molecule has 0 aliphatic carbocycles. The topological polar surface area (TPSA) is 30.5 Å².